The fourth-order valence-electron chi connectivity index (χ4n) is 3.41. The molecule has 4 rings (SSSR count). The molecule has 0 unspecified atom stereocenters. The number of anilines is 2. The van der Waals surface area contributed by atoms with Crippen LogP contribution in [-0.2, 0) is 11.3 Å². The summed E-state index contributed by atoms with van der Waals surface area (Å²) in [5.41, 5.74) is 9.25. The lowest BCUT2D eigenvalue weighted by atomic mass is 9.98. The smallest absolute Gasteiger partial charge is 0.251 e. The van der Waals surface area contributed by atoms with Crippen molar-refractivity contribution < 1.29 is 9.18 Å². The number of fused-ring (bicyclic) bond motifs is 1. The molecular weight excluding hydrogens is 359 g/mol. The highest BCUT2D eigenvalue weighted by atomic mass is 19.1. The van der Waals surface area contributed by atoms with Gasteiger partial charge >= 0.3 is 0 Å². The number of nitrogens with two attached hydrogens (primary N) is 1. The van der Waals surface area contributed by atoms with Gasteiger partial charge < -0.3 is 15.6 Å². The van der Waals surface area contributed by atoms with Crippen LogP contribution in [0.4, 0.5) is 15.9 Å². The zero-order chi connectivity index (χ0) is 20.0. The summed E-state index contributed by atoms with van der Waals surface area (Å²) in [6.45, 7) is 4.47. The molecule has 1 aliphatic carbocycles. The molecule has 2 aromatic heterocycles. The predicted molar refractivity (Wildman–Crippen MR) is 108 cm³/mol. The largest absolute Gasteiger partial charge is 0.398 e. The van der Waals surface area contributed by atoms with Gasteiger partial charge in [0.1, 0.15) is 12.0 Å². The Hall–Kier alpha value is -3.22. The third-order valence-electron chi connectivity index (χ3n) is 5.15. The van der Waals surface area contributed by atoms with E-state index in [9.17, 15) is 14.0 Å². The highest BCUT2D eigenvalue weighted by Crippen LogP contribution is 2.35. The number of benzene rings is 1. The minimum Gasteiger partial charge on any atom is -0.398 e. The van der Waals surface area contributed by atoms with E-state index in [1.165, 1.54) is 0 Å². The summed E-state index contributed by atoms with van der Waals surface area (Å²) in [6.07, 6.45) is 2.63. The fourth-order valence-corrected chi connectivity index (χ4v) is 3.41. The number of alkyl halides is 1. The summed E-state index contributed by atoms with van der Waals surface area (Å²) in [6, 6.07) is 7.05. The van der Waals surface area contributed by atoms with Crippen molar-refractivity contribution in [3.63, 3.8) is 0 Å². The van der Waals surface area contributed by atoms with Crippen molar-refractivity contribution in [3.05, 3.63) is 52.6 Å². The molecule has 3 aromatic rings. The number of nitrogens with zero attached hydrogens (tertiary/aromatic N) is 2. The molecular formula is C21H21FN4O2. The summed E-state index contributed by atoms with van der Waals surface area (Å²) in [5.74, 6) is -0.588. The summed E-state index contributed by atoms with van der Waals surface area (Å²) in [5, 5.41) is 4.19. The van der Waals surface area contributed by atoms with Gasteiger partial charge in [0.15, 0.2) is 0 Å². The molecule has 1 saturated carbocycles. The molecule has 7 heteroatoms. The van der Waals surface area contributed by atoms with Gasteiger partial charge in [0.25, 0.3) is 5.56 Å². The standard InChI is InChI=1S/C21H21FN4O2/c1-3-26-10-11(2)14(8-20(26)27)12-4-13-6-19(24-9-16(13)18(23)5-12)25-21(28)15-7-17(15)22/h4-6,8-10,15,17H,3,7,23H2,1-2H3,(H,24,25,28)/t15-,17+/m0/s1. The number of halogens is 1. The minimum atomic E-state index is -1.06. The second-order valence-electron chi connectivity index (χ2n) is 7.20. The van der Waals surface area contributed by atoms with Crippen molar-refractivity contribution >= 4 is 28.2 Å². The number of nitrogens with one attached hydrogen (secondary N) is 1. The molecule has 144 valence electrons. The summed E-state index contributed by atoms with van der Waals surface area (Å²) in [4.78, 5) is 28.4. The molecule has 2 atom stereocenters. The third-order valence-corrected chi connectivity index (χ3v) is 5.15. The summed E-state index contributed by atoms with van der Waals surface area (Å²) >= 11 is 0. The van der Waals surface area contributed by atoms with Crippen LogP contribution in [0.3, 0.4) is 0 Å². The Balaban J connectivity index is 1.75. The zero-order valence-electron chi connectivity index (χ0n) is 15.7. The number of hydrogen-bond donors (Lipinski definition) is 2. The van der Waals surface area contributed by atoms with E-state index in [-0.39, 0.29) is 17.9 Å². The van der Waals surface area contributed by atoms with E-state index in [2.05, 4.69) is 10.3 Å². The lowest BCUT2D eigenvalue weighted by molar-refractivity contribution is -0.117. The van der Waals surface area contributed by atoms with Gasteiger partial charge in [-0.15, -0.1) is 0 Å². The fraction of sp³-hybridized carbons (Fsp3) is 0.286. The van der Waals surface area contributed by atoms with Crippen LogP contribution in [0.1, 0.15) is 18.9 Å². The molecule has 0 saturated heterocycles. The summed E-state index contributed by atoms with van der Waals surface area (Å²) < 4.78 is 14.7. The van der Waals surface area contributed by atoms with Crippen LogP contribution >= 0.6 is 0 Å². The highest BCUT2D eigenvalue weighted by molar-refractivity contribution is 6.00. The molecule has 0 radical (unpaired) electrons. The van der Waals surface area contributed by atoms with Crippen molar-refractivity contribution in [1.29, 1.82) is 0 Å². The monoisotopic (exact) mass is 380 g/mol. The van der Waals surface area contributed by atoms with E-state index >= 15 is 0 Å². The molecule has 1 amide bonds. The number of carbonyl (C=O) groups is 1. The van der Waals surface area contributed by atoms with Crippen LogP contribution in [0.2, 0.25) is 0 Å². The van der Waals surface area contributed by atoms with E-state index in [0.717, 1.165) is 27.5 Å². The van der Waals surface area contributed by atoms with Crippen LogP contribution < -0.4 is 16.6 Å². The number of rotatable bonds is 4. The van der Waals surface area contributed by atoms with Gasteiger partial charge in [-0.3, -0.25) is 9.59 Å². The van der Waals surface area contributed by atoms with Crippen molar-refractivity contribution in [1.82, 2.24) is 9.55 Å². The molecule has 3 N–H and O–H groups in total. The van der Waals surface area contributed by atoms with E-state index in [0.29, 0.717) is 18.1 Å². The first-order valence-corrected chi connectivity index (χ1v) is 9.23. The van der Waals surface area contributed by atoms with Gasteiger partial charge in [-0.25, -0.2) is 9.37 Å². The molecule has 6 nitrogen and oxygen atoms in total. The Morgan fingerprint density at radius 3 is 2.79 bits per heavy atom. The van der Waals surface area contributed by atoms with E-state index in [1.54, 1.807) is 22.9 Å². The molecule has 1 aliphatic rings. The maximum atomic E-state index is 13.1. The molecule has 1 aromatic carbocycles. The number of aryl methyl sites for hydroxylation is 2. The molecule has 0 bridgehead atoms. The van der Waals surface area contributed by atoms with E-state index in [1.807, 2.05) is 32.2 Å². The van der Waals surface area contributed by atoms with Crippen molar-refractivity contribution in [2.75, 3.05) is 11.1 Å². The topological polar surface area (TPSA) is 90.0 Å². The Labute approximate surface area is 161 Å². The molecule has 2 heterocycles. The quantitative estimate of drug-likeness (QED) is 0.680. The Bertz CT molecular complexity index is 1160. The predicted octanol–water partition coefficient (Wildman–Crippen LogP) is 3.27. The van der Waals surface area contributed by atoms with Crippen LogP contribution in [0, 0.1) is 12.8 Å². The first-order chi connectivity index (χ1) is 13.4. The second kappa shape index (κ2) is 6.74. The first kappa shape index (κ1) is 18.2. The average Bonchev–Trinajstić information content (AvgIpc) is 3.39. The number of pyridine rings is 2. The average molecular weight is 380 g/mol. The molecule has 0 aliphatic heterocycles. The van der Waals surface area contributed by atoms with Crippen LogP contribution in [-0.4, -0.2) is 21.6 Å². The number of hydrogen-bond acceptors (Lipinski definition) is 4. The second-order valence-corrected chi connectivity index (χ2v) is 7.20. The maximum Gasteiger partial charge on any atom is 0.251 e. The van der Waals surface area contributed by atoms with Crippen LogP contribution in [0.25, 0.3) is 21.9 Å². The normalized spacial score (nSPS) is 18.2. The van der Waals surface area contributed by atoms with E-state index in [4.69, 9.17) is 5.73 Å². The summed E-state index contributed by atoms with van der Waals surface area (Å²) in [7, 11) is 0. The third kappa shape index (κ3) is 3.24. The molecule has 1 fully saturated rings. The minimum absolute atomic E-state index is 0.0744. The lowest BCUT2D eigenvalue weighted by Crippen LogP contribution is -2.18. The van der Waals surface area contributed by atoms with Crippen molar-refractivity contribution in [2.45, 2.75) is 33.0 Å². The van der Waals surface area contributed by atoms with E-state index < -0.39 is 12.1 Å². The van der Waals surface area contributed by atoms with Crippen LogP contribution in [0.15, 0.2) is 41.5 Å². The van der Waals surface area contributed by atoms with Crippen molar-refractivity contribution in [2.24, 2.45) is 5.92 Å². The van der Waals surface area contributed by atoms with Gasteiger partial charge in [-0.2, -0.15) is 0 Å². The van der Waals surface area contributed by atoms with Crippen LogP contribution in [0.5, 0.6) is 0 Å². The number of aromatic nitrogens is 2. The van der Waals surface area contributed by atoms with Gasteiger partial charge in [-0.1, -0.05) is 0 Å². The maximum absolute atomic E-state index is 13.1. The van der Waals surface area contributed by atoms with Gasteiger partial charge in [0.2, 0.25) is 5.91 Å². The highest BCUT2D eigenvalue weighted by Gasteiger charge is 2.43. The molecule has 0 spiro atoms. The Morgan fingerprint density at radius 2 is 2.11 bits per heavy atom. The number of carbonyl (C=O) groups excluding carboxylic acids is 1. The SMILES string of the molecule is CCn1cc(C)c(-c2cc(N)c3cnc(NC(=O)[C@H]4C[C@H]4F)cc3c2)cc1=O. The number of nitrogen functional groups attached to an aromatic ring is 1. The van der Waals surface area contributed by atoms with Gasteiger partial charge in [0, 0.05) is 36.1 Å². The Morgan fingerprint density at radius 1 is 1.36 bits per heavy atom. The Kier molecular flexibility index (Phi) is 4.37. The van der Waals surface area contributed by atoms with Gasteiger partial charge in [0.05, 0.1) is 5.92 Å². The lowest BCUT2D eigenvalue weighted by Gasteiger charge is -2.12. The van der Waals surface area contributed by atoms with Crippen molar-refractivity contribution in [3.8, 4) is 11.1 Å². The van der Waals surface area contributed by atoms with Gasteiger partial charge in [-0.05, 0) is 60.5 Å². The first-order valence-electron chi connectivity index (χ1n) is 9.23. The zero-order valence-corrected chi connectivity index (χ0v) is 15.7. The number of amides is 1. The molecule has 28 heavy (non-hydrogen) atoms.